The number of carbonyl (C=O) groups is 3. The van der Waals surface area contributed by atoms with Crippen LogP contribution in [0.4, 0.5) is 4.79 Å². The van der Waals surface area contributed by atoms with Gasteiger partial charge < -0.3 is 15.2 Å². The van der Waals surface area contributed by atoms with E-state index in [4.69, 9.17) is 4.74 Å². The summed E-state index contributed by atoms with van der Waals surface area (Å²) in [5.74, 6) is -0.826. The zero-order valence-electron chi connectivity index (χ0n) is 15.4. The summed E-state index contributed by atoms with van der Waals surface area (Å²) in [7, 11) is 0. The Morgan fingerprint density at radius 3 is 2.18 bits per heavy atom. The molecule has 146 valence electrons. The minimum Gasteiger partial charge on any atom is -0.480 e. The third-order valence-corrected chi connectivity index (χ3v) is 5.39. The number of fused-ring (bicyclic) bond motifs is 3. The van der Waals surface area contributed by atoms with Gasteiger partial charge in [0.25, 0.3) is 0 Å². The Morgan fingerprint density at radius 2 is 1.64 bits per heavy atom. The molecule has 28 heavy (non-hydrogen) atoms. The van der Waals surface area contributed by atoms with Crippen molar-refractivity contribution in [2.45, 2.75) is 25.3 Å². The summed E-state index contributed by atoms with van der Waals surface area (Å²) in [6, 6.07) is 14.6. The maximum atomic E-state index is 12.2. The van der Waals surface area contributed by atoms with E-state index in [0.717, 1.165) is 34.0 Å². The quantitative estimate of drug-likeness (QED) is 0.738. The van der Waals surface area contributed by atoms with E-state index >= 15 is 0 Å². The first kappa shape index (κ1) is 19.9. The molecule has 1 unspecified atom stereocenters. The molecule has 2 aromatic carbocycles. The number of aliphatic carboxylic acids is 1. The lowest BCUT2D eigenvalue weighted by Gasteiger charge is -2.17. The predicted molar refractivity (Wildman–Crippen MR) is 107 cm³/mol. The third-order valence-electron chi connectivity index (χ3n) is 4.61. The van der Waals surface area contributed by atoms with Gasteiger partial charge in [-0.2, -0.15) is 0 Å². The maximum absolute atomic E-state index is 12.2. The fourth-order valence-corrected chi connectivity index (χ4v) is 3.98. The van der Waals surface area contributed by atoms with Crippen LogP contribution in [0, 0.1) is 0 Å². The Hall–Kier alpha value is -2.80. The van der Waals surface area contributed by atoms with E-state index < -0.39 is 18.1 Å². The molecule has 0 spiro atoms. The minimum absolute atomic E-state index is 0.0872. The molecule has 3 rings (SSSR count). The lowest BCUT2D eigenvalue weighted by atomic mass is 9.98. The number of rotatable bonds is 7. The number of amides is 1. The van der Waals surface area contributed by atoms with Crippen LogP contribution in [-0.4, -0.2) is 40.7 Å². The van der Waals surface area contributed by atoms with E-state index in [9.17, 15) is 19.5 Å². The van der Waals surface area contributed by atoms with Crippen molar-refractivity contribution in [1.82, 2.24) is 5.32 Å². The zero-order valence-corrected chi connectivity index (χ0v) is 16.2. The number of thioether (sulfide) groups is 1. The molecule has 0 aromatic heterocycles. The largest absolute Gasteiger partial charge is 0.480 e. The number of carbonyl (C=O) groups excluding carboxylic acids is 2. The molecule has 1 aliphatic carbocycles. The summed E-state index contributed by atoms with van der Waals surface area (Å²) in [5.41, 5.74) is 4.36. The number of hydrogen-bond acceptors (Lipinski definition) is 5. The van der Waals surface area contributed by atoms with Crippen LogP contribution < -0.4 is 5.32 Å². The molecule has 0 saturated heterocycles. The Labute approximate surface area is 167 Å². The van der Waals surface area contributed by atoms with E-state index in [1.54, 1.807) is 6.92 Å². The second kappa shape index (κ2) is 8.93. The lowest BCUT2D eigenvalue weighted by molar-refractivity contribution is -0.140. The first-order chi connectivity index (χ1) is 13.5. The van der Waals surface area contributed by atoms with Crippen LogP contribution in [0.25, 0.3) is 11.1 Å². The van der Waals surface area contributed by atoms with Crippen LogP contribution in [0.15, 0.2) is 48.5 Å². The molecule has 0 heterocycles. The van der Waals surface area contributed by atoms with Gasteiger partial charge in [-0.1, -0.05) is 67.2 Å². The monoisotopic (exact) mass is 399 g/mol. The molecule has 1 amide bonds. The van der Waals surface area contributed by atoms with Gasteiger partial charge in [-0.05, 0) is 28.0 Å². The maximum Gasteiger partial charge on any atom is 0.407 e. The lowest BCUT2D eigenvalue weighted by Crippen LogP contribution is -2.42. The van der Waals surface area contributed by atoms with Crippen molar-refractivity contribution >= 4 is 28.9 Å². The van der Waals surface area contributed by atoms with E-state index in [1.165, 1.54) is 0 Å². The topological polar surface area (TPSA) is 92.7 Å². The molecule has 0 saturated carbocycles. The van der Waals surface area contributed by atoms with Gasteiger partial charge >= 0.3 is 12.1 Å². The van der Waals surface area contributed by atoms with Crippen LogP contribution >= 0.6 is 11.8 Å². The van der Waals surface area contributed by atoms with Gasteiger partial charge in [-0.3, -0.25) is 4.79 Å². The number of benzene rings is 2. The molecular formula is C21H21NO5S. The molecule has 0 bridgehead atoms. The Kier molecular flexibility index (Phi) is 6.36. The second-order valence-electron chi connectivity index (χ2n) is 6.37. The van der Waals surface area contributed by atoms with Gasteiger partial charge in [0, 0.05) is 12.3 Å². The normalized spacial score (nSPS) is 13.3. The fourth-order valence-electron chi connectivity index (χ4n) is 3.37. The predicted octanol–water partition coefficient (Wildman–Crippen LogP) is 3.65. The van der Waals surface area contributed by atoms with E-state index in [1.807, 2.05) is 48.5 Å². The highest BCUT2D eigenvalue weighted by Crippen LogP contribution is 2.44. The molecule has 1 atom stereocenters. The van der Waals surface area contributed by atoms with Crippen LogP contribution in [0.1, 0.15) is 30.4 Å². The Bertz CT molecular complexity index is 852. The van der Waals surface area contributed by atoms with Gasteiger partial charge in [0.15, 0.2) is 5.12 Å². The first-order valence-electron chi connectivity index (χ1n) is 9.01. The molecular weight excluding hydrogens is 378 g/mol. The Morgan fingerprint density at radius 1 is 1.07 bits per heavy atom. The highest BCUT2D eigenvalue weighted by molar-refractivity contribution is 8.13. The van der Waals surface area contributed by atoms with Crippen molar-refractivity contribution in [1.29, 1.82) is 0 Å². The number of nitrogens with one attached hydrogen (secondary N) is 1. The summed E-state index contributed by atoms with van der Waals surface area (Å²) in [5, 5.41) is 11.2. The molecule has 6 nitrogen and oxygen atoms in total. The highest BCUT2D eigenvalue weighted by Gasteiger charge is 2.30. The van der Waals surface area contributed by atoms with Crippen LogP contribution in [0.2, 0.25) is 0 Å². The van der Waals surface area contributed by atoms with Gasteiger partial charge in [-0.15, -0.1) is 0 Å². The van der Waals surface area contributed by atoms with E-state index in [2.05, 4.69) is 5.32 Å². The first-order valence-corrected chi connectivity index (χ1v) is 9.99. The molecule has 1 aliphatic rings. The van der Waals surface area contributed by atoms with Gasteiger partial charge in [0.1, 0.15) is 12.6 Å². The summed E-state index contributed by atoms with van der Waals surface area (Å²) in [4.78, 5) is 35.2. The van der Waals surface area contributed by atoms with Gasteiger partial charge in [-0.25, -0.2) is 9.59 Å². The molecule has 0 radical (unpaired) electrons. The summed E-state index contributed by atoms with van der Waals surface area (Å²) < 4.78 is 5.33. The van der Waals surface area contributed by atoms with Crippen LogP contribution in [-0.2, 0) is 14.3 Å². The number of carboxylic acid groups (broad SMARTS) is 1. The average Bonchev–Trinajstić information content (AvgIpc) is 3.00. The van der Waals surface area contributed by atoms with Crippen molar-refractivity contribution < 1.29 is 24.2 Å². The second-order valence-corrected chi connectivity index (χ2v) is 7.69. The molecule has 7 heteroatoms. The van der Waals surface area contributed by atoms with E-state index in [0.29, 0.717) is 5.75 Å². The van der Waals surface area contributed by atoms with Crippen molar-refractivity contribution in [2.75, 3.05) is 12.4 Å². The number of alkyl carbamates (subject to hydrolysis) is 1. The van der Waals surface area contributed by atoms with Crippen molar-refractivity contribution in [3.8, 4) is 11.1 Å². The molecule has 2 aromatic rings. The number of carboxylic acids is 1. The zero-order chi connectivity index (χ0) is 20.1. The third kappa shape index (κ3) is 4.36. The number of ether oxygens (including phenoxy) is 1. The van der Waals surface area contributed by atoms with Gasteiger partial charge in [0.2, 0.25) is 0 Å². The molecule has 0 fully saturated rings. The van der Waals surface area contributed by atoms with Crippen molar-refractivity contribution in [3.05, 3.63) is 59.7 Å². The van der Waals surface area contributed by atoms with E-state index in [-0.39, 0.29) is 24.1 Å². The highest BCUT2D eigenvalue weighted by atomic mass is 32.2. The SMILES string of the molecule is CCSC(=O)CC(NC(=O)OCC1c2ccccc2-c2ccccc21)C(=O)O. The summed E-state index contributed by atoms with van der Waals surface area (Å²) in [6.07, 6.45) is -1.12. The molecule has 2 N–H and O–H groups in total. The standard InChI is InChI=1S/C21H21NO5S/c1-2-28-19(23)11-18(20(24)25)22-21(26)27-12-17-15-9-5-3-7-13(15)14-8-4-6-10-16(14)17/h3-10,17-18H,2,11-12H2,1H3,(H,22,26)(H,24,25). The Balaban J connectivity index is 1.66. The van der Waals surface area contributed by atoms with Gasteiger partial charge in [0.05, 0.1) is 0 Å². The van der Waals surface area contributed by atoms with Crippen LogP contribution in [0.3, 0.4) is 0 Å². The summed E-state index contributed by atoms with van der Waals surface area (Å²) >= 11 is 1.03. The number of hydrogen-bond donors (Lipinski definition) is 2. The van der Waals surface area contributed by atoms with Crippen molar-refractivity contribution in [3.63, 3.8) is 0 Å². The van der Waals surface area contributed by atoms with Crippen molar-refractivity contribution in [2.24, 2.45) is 0 Å². The summed E-state index contributed by atoms with van der Waals surface area (Å²) in [6.45, 7) is 1.89. The average molecular weight is 399 g/mol. The smallest absolute Gasteiger partial charge is 0.407 e. The fraction of sp³-hybridized carbons (Fsp3) is 0.286. The molecule has 0 aliphatic heterocycles. The minimum atomic E-state index is -1.30. The van der Waals surface area contributed by atoms with Crippen LogP contribution in [0.5, 0.6) is 0 Å².